The highest BCUT2D eigenvalue weighted by Gasteiger charge is 2.65. The summed E-state index contributed by atoms with van der Waals surface area (Å²) in [6.45, 7) is 0.0578. The van der Waals surface area contributed by atoms with Crippen LogP contribution in [-0.2, 0) is 4.79 Å². The Morgan fingerprint density at radius 2 is 1.58 bits per heavy atom. The number of carbonyl (C=O) groups is 1. The zero-order valence-electron chi connectivity index (χ0n) is 15.4. The lowest BCUT2D eigenvalue weighted by Gasteiger charge is -2.40. The Morgan fingerprint density at radius 3 is 2.16 bits per heavy atom. The fourth-order valence-electron chi connectivity index (χ4n) is 2.13. The maximum atomic E-state index is 12.9. The van der Waals surface area contributed by atoms with Crippen molar-refractivity contribution < 1.29 is 52.0 Å². The van der Waals surface area contributed by atoms with E-state index in [1.807, 2.05) is 5.32 Å². The first kappa shape index (κ1) is 24.5. The monoisotopic (exact) mass is 481 g/mol. The van der Waals surface area contributed by atoms with Gasteiger partial charge in [0, 0.05) is 11.8 Å². The Balaban J connectivity index is 2.09. The molecule has 0 heterocycles. The van der Waals surface area contributed by atoms with Crippen molar-refractivity contribution in [1.82, 2.24) is 0 Å². The normalized spacial score (nSPS) is 16.5. The Hall–Kier alpha value is -2.74. The van der Waals surface area contributed by atoms with E-state index in [0.717, 1.165) is 31.2 Å². The third-order valence-corrected chi connectivity index (χ3v) is 4.73. The minimum atomic E-state index is -9.99. The molecule has 0 saturated heterocycles. The Labute approximate surface area is 170 Å². The van der Waals surface area contributed by atoms with Gasteiger partial charge in [-0.2, -0.15) is 0 Å². The zero-order valence-corrected chi connectivity index (χ0v) is 16.2. The number of nitrogens with one attached hydrogen (secondary N) is 1. The molecule has 0 saturated carbocycles. The molecule has 2 aromatic rings. The molecule has 0 radical (unpaired) electrons. The SMILES string of the molecule is CC(O)(COc1cccc(OC(F)(F)F)c1)C(=O)Nc1cccc(S(F)(F)(F)(F)F)c1. The number of hydrogen-bond donors (Lipinski definition) is 2. The van der Waals surface area contributed by atoms with Gasteiger partial charge in [0.25, 0.3) is 5.91 Å². The lowest BCUT2D eigenvalue weighted by molar-refractivity contribution is -0.274. The zero-order chi connectivity index (χ0) is 23.8. The lowest BCUT2D eigenvalue weighted by Crippen LogP contribution is -2.45. The number of ether oxygens (including phenoxy) is 2. The minimum absolute atomic E-state index is 0.00828. The maximum Gasteiger partial charge on any atom is 0.573 e. The first-order valence-electron chi connectivity index (χ1n) is 8.12. The van der Waals surface area contributed by atoms with Crippen molar-refractivity contribution in [3.63, 3.8) is 0 Å². The molecule has 1 unspecified atom stereocenters. The number of amides is 1. The molecule has 5 nitrogen and oxygen atoms in total. The molecule has 0 aliphatic carbocycles. The number of aliphatic hydroxyl groups is 1. The summed E-state index contributed by atoms with van der Waals surface area (Å²) in [4.78, 5) is 9.92. The summed E-state index contributed by atoms with van der Waals surface area (Å²) in [6.07, 6.45) is -4.96. The maximum absolute atomic E-state index is 12.9. The van der Waals surface area contributed by atoms with Crippen molar-refractivity contribution >= 4 is 21.8 Å². The van der Waals surface area contributed by atoms with Crippen molar-refractivity contribution in [2.24, 2.45) is 0 Å². The van der Waals surface area contributed by atoms with E-state index in [-0.39, 0.29) is 17.9 Å². The molecule has 0 aliphatic rings. The lowest BCUT2D eigenvalue weighted by atomic mass is 10.1. The van der Waals surface area contributed by atoms with Crippen LogP contribution in [0.25, 0.3) is 0 Å². The van der Waals surface area contributed by atoms with Crippen LogP contribution in [0.4, 0.5) is 38.3 Å². The van der Waals surface area contributed by atoms with Crippen molar-refractivity contribution in [3.8, 4) is 11.5 Å². The van der Waals surface area contributed by atoms with Crippen LogP contribution >= 0.6 is 10.2 Å². The van der Waals surface area contributed by atoms with E-state index in [9.17, 15) is 42.5 Å². The Kier molecular flexibility index (Phi) is 5.66. The van der Waals surface area contributed by atoms with Crippen molar-refractivity contribution in [3.05, 3.63) is 48.5 Å². The predicted molar refractivity (Wildman–Crippen MR) is 95.7 cm³/mol. The predicted octanol–water partition coefficient (Wildman–Crippen LogP) is 6.01. The van der Waals surface area contributed by atoms with Crippen molar-refractivity contribution in [2.75, 3.05) is 11.9 Å². The van der Waals surface area contributed by atoms with E-state index < -0.39 is 51.0 Å². The smallest absolute Gasteiger partial charge is 0.490 e. The fourth-order valence-corrected chi connectivity index (χ4v) is 2.82. The number of carbonyl (C=O) groups excluding carboxylic acids is 1. The number of anilines is 1. The van der Waals surface area contributed by atoms with E-state index in [4.69, 9.17) is 4.74 Å². The fraction of sp³-hybridized carbons (Fsp3) is 0.235. The van der Waals surface area contributed by atoms with Crippen LogP contribution in [0.2, 0.25) is 0 Å². The standard InChI is InChI=1S/C17H15F8NO4S/c1-16(28,10-29-12-5-3-6-13(9-12)30-17(18,19)20)15(27)26-11-4-2-7-14(8-11)31(21,22,23,24)25/h2-9,28H,10H2,1H3,(H,26,27). The number of halogens is 8. The molecular formula is C17H15F8NO4S. The van der Waals surface area contributed by atoms with Gasteiger partial charge in [0.15, 0.2) is 5.60 Å². The van der Waals surface area contributed by atoms with Gasteiger partial charge < -0.3 is 19.9 Å². The molecule has 31 heavy (non-hydrogen) atoms. The molecule has 0 bridgehead atoms. The average molecular weight is 481 g/mol. The van der Waals surface area contributed by atoms with Gasteiger partial charge in [0.05, 0.1) is 0 Å². The summed E-state index contributed by atoms with van der Waals surface area (Å²) >= 11 is 0. The molecule has 2 rings (SSSR count). The van der Waals surface area contributed by atoms with Crippen LogP contribution < -0.4 is 14.8 Å². The van der Waals surface area contributed by atoms with Crippen LogP contribution in [0, 0.1) is 0 Å². The Bertz CT molecular complexity index is 977. The molecule has 2 aromatic carbocycles. The van der Waals surface area contributed by atoms with Crippen molar-refractivity contribution in [1.29, 1.82) is 0 Å². The molecule has 1 amide bonds. The van der Waals surface area contributed by atoms with Gasteiger partial charge in [-0.05, 0) is 37.3 Å². The molecule has 2 N–H and O–H groups in total. The van der Waals surface area contributed by atoms with Gasteiger partial charge in [-0.15, -0.1) is 13.2 Å². The van der Waals surface area contributed by atoms with Gasteiger partial charge >= 0.3 is 16.6 Å². The third-order valence-electron chi connectivity index (χ3n) is 3.59. The highest BCUT2D eigenvalue weighted by molar-refractivity contribution is 8.45. The van der Waals surface area contributed by atoms with Crippen LogP contribution in [0.5, 0.6) is 11.5 Å². The second kappa shape index (κ2) is 7.15. The largest absolute Gasteiger partial charge is 0.573 e. The number of hydrogen-bond acceptors (Lipinski definition) is 4. The summed E-state index contributed by atoms with van der Waals surface area (Å²) in [5.41, 5.74) is -3.07. The second-order valence-electron chi connectivity index (χ2n) is 6.54. The molecule has 174 valence electrons. The first-order chi connectivity index (χ1) is 13.7. The molecular weight excluding hydrogens is 466 g/mol. The van der Waals surface area contributed by atoms with E-state index in [1.54, 1.807) is 0 Å². The van der Waals surface area contributed by atoms with Crippen molar-refractivity contribution in [2.45, 2.75) is 23.8 Å². The molecule has 0 aromatic heterocycles. The van der Waals surface area contributed by atoms with E-state index in [1.165, 1.54) is 6.07 Å². The summed E-state index contributed by atoms with van der Waals surface area (Å²) in [6, 6.07) is 5.78. The van der Waals surface area contributed by atoms with Crippen LogP contribution in [0.1, 0.15) is 6.92 Å². The third kappa shape index (κ3) is 7.47. The molecule has 14 heteroatoms. The van der Waals surface area contributed by atoms with E-state index in [0.29, 0.717) is 6.07 Å². The first-order valence-corrected chi connectivity index (χ1v) is 10.1. The topological polar surface area (TPSA) is 67.8 Å². The van der Waals surface area contributed by atoms with Gasteiger partial charge in [-0.1, -0.05) is 31.6 Å². The molecule has 0 spiro atoms. The summed E-state index contributed by atoms with van der Waals surface area (Å²) in [5, 5.41) is 12.0. The van der Waals surface area contributed by atoms with E-state index in [2.05, 4.69) is 4.74 Å². The highest BCUT2D eigenvalue weighted by atomic mass is 32.5. The van der Waals surface area contributed by atoms with E-state index >= 15 is 0 Å². The minimum Gasteiger partial charge on any atom is -0.490 e. The average Bonchev–Trinajstić information content (AvgIpc) is 2.57. The van der Waals surface area contributed by atoms with Gasteiger partial charge in [-0.3, -0.25) is 4.79 Å². The van der Waals surface area contributed by atoms with Gasteiger partial charge in [0.2, 0.25) is 0 Å². The molecule has 1 atom stereocenters. The molecule has 0 fully saturated rings. The molecule has 0 aliphatic heterocycles. The Morgan fingerprint density at radius 1 is 1.00 bits per heavy atom. The number of benzene rings is 2. The van der Waals surface area contributed by atoms with Crippen LogP contribution in [-0.4, -0.2) is 29.6 Å². The van der Waals surface area contributed by atoms with Crippen LogP contribution in [0.15, 0.2) is 53.4 Å². The summed E-state index contributed by atoms with van der Waals surface area (Å²) in [7, 11) is -9.99. The highest BCUT2D eigenvalue weighted by Crippen LogP contribution is 3.02. The van der Waals surface area contributed by atoms with Gasteiger partial charge in [0.1, 0.15) is 23.0 Å². The van der Waals surface area contributed by atoms with Crippen LogP contribution in [0.3, 0.4) is 0 Å². The summed E-state index contributed by atoms with van der Waals surface area (Å²) in [5.74, 6) is -2.17. The second-order valence-corrected chi connectivity index (χ2v) is 8.95. The number of rotatable bonds is 7. The summed E-state index contributed by atoms with van der Waals surface area (Å²) < 4.78 is 110. The number of alkyl halides is 3. The quantitative estimate of drug-likeness (QED) is 0.476. The van der Waals surface area contributed by atoms with Gasteiger partial charge in [-0.25, -0.2) is 0 Å².